The Hall–Kier alpha value is -1.35. The van der Waals surface area contributed by atoms with Crippen LogP contribution in [0.1, 0.15) is 45.2 Å². The average Bonchev–Trinajstić information content (AvgIpc) is 2.63. The van der Waals surface area contributed by atoms with Crippen molar-refractivity contribution in [2.24, 2.45) is 5.41 Å². The Kier molecular flexibility index (Phi) is 3.78. The van der Waals surface area contributed by atoms with Crippen LogP contribution in [0.15, 0.2) is 52.2 Å². The van der Waals surface area contributed by atoms with Crippen LogP contribution >= 0.6 is 15.9 Å². The standard InChI is InChI=1S/C18H20BrNO/c1-18(2)10-9-14(17-8-3-4-11-20(17)21)15-12-13(19)6-5-7-16(15)18/h3-4,8-9,11-12H,5-7,10H2,1-2H3. The fourth-order valence-corrected chi connectivity index (χ4v) is 3.81. The predicted octanol–water partition coefficient (Wildman–Crippen LogP) is 4.89. The summed E-state index contributed by atoms with van der Waals surface area (Å²) in [5.41, 5.74) is 4.73. The SMILES string of the molecule is CC1(C)CC=C(c2cccc[n+]2[O-])C2=C1CCCC(Br)=C2. The first-order valence-electron chi connectivity index (χ1n) is 7.48. The summed E-state index contributed by atoms with van der Waals surface area (Å²) in [5.74, 6) is 0. The van der Waals surface area contributed by atoms with Crippen LogP contribution in [0.2, 0.25) is 0 Å². The molecule has 3 rings (SSSR count). The molecule has 21 heavy (non-hydrogen) atoms. The minimum absolute atomic E-state index is 0.176. The van der Waals surface area contributed by atoms with Gasteiger partial charge in [0.1, 0.15) is 0 Å². The molecule has 0 amide bonds. The fraction of sp³-hybridized carbons (Fsp3) is 0.389. The molecule has 0 unspecified atom stereocenters. The van der Waals surface area contributed by atoms with E-state index in [1.54, 1.807) is 12.3 Å². The Labute approximate surface area is 134 Å². The lowest BCUT2D eigenvalue weighted by molar-refractivity contribution is -0.607. The number of rotatable bonds is 1. The van der Waals surface area contributed by atoms with Crippen molar-refractivity contribution in [3.63, 3.8) is 0 Å². The lowest BCUT2D eigenvalue weighted by Crippen LogP contribution is -2.32. The maximum atomic E-state index is 12.1. The Morgan fingerprint density at radius 3 is 2.81 bits per heavy atom. The Morgan fingerprint density at radius 2 is 2.05 bits per heavy atom. The van der Waals surface area contributed by atoms with Gasteiger partial charge in [0.2, 0.25) is 5.69 Å². The molecule has 0 aliphatic heterocycles. The van der Waals surface area contributed by atoms with Crippen molar-refractivity contribution in [1.29, 1.82) is 0 Å². The van der Waals surface area contributed by atoms with Crippen LogP contribution in [-0.4, -0.2) is 0 Å². The Bertz CT molecular complexity index is 668. The second kappa shape index (κ2) is 5.45. The molecule has 0 bridgehead atoms. The number of aromatic nitrogens is 1. The van der Waals surface area contributed by atoms with Gasteiger partial charge in [0.25, 0.3) is 0 Å². The van der Waals surface area contributed by atoms with Gasteiger partial charge in [-0.3, -0.25) is 0 Å². The van der Waals surface area contributed by atoms with Gasteiger partial charge in [-0.05, 0) is 53.3 Å². The number of pyridine rings is 1. The van der Waals surface area contributed by atoms with Crippen LogP contribution in [0.3, 0.4) is 0 Å². The smallest absolute Gasteiger partial charge is 0.224 e. The summed E-state index contributed by atoms with van der Waals surface area (Å²) in [6.45, 7) is 4.61. The minimum atomic E-state index is 0.176. The molecule has 0 atom stereocenters. The maximum Gasteiger partial charge on any atom is 0.224 e. The fourth-order valence-electron chi connectivity index (χ4n) is 3.30. The average molecular weight is 346 g/mol. The first-order valence-corrected chi connectivity index (χ1v) is 8.27. The molecule has 1 aromatic heterocycles. The summed E-state index contributed by atoms with van der Waals surface area (Å²) in [6.07, 6.45) is 10.4. The number of hydrogen-bond donors (Lipinski definition) is 0. The molecule has 110 valence electrons. The van der Waals surface area contributed by atoms with Crippen molar-refractivity contribution in [2.75, 3.05) is 0 Å². The largest absolute Gasteiger partial charge is 0.618 e. The molecule has 2 nitrogen and oxygen atoms in total. The van der Waals surface area contributed by atoms with Crippen LogP contribution in [0, 0.1) is 10.6 Å². The molecular formula is C18H20BrNO. The third-order valence-electron chi connectivity index (χ3n) is 4.49. The molecular weight excluding hydrogens is 326 g/mol. The van der Waals surface area contributed by atoms with Crippen molar-refractivity contribution < 1.29 is 4.73 Å². The molecule has 0 spiro atoms. The van der Waals surface area contributed by atoms with E-state index in [0.717, 1.165) is 35.3 Å². The van der Waals surface area contributed by atoms with Crippen LogP contribution in [-0.2, 0) is 0 Å². The molecule has 1 aromatic rings. The van der Waals surface area contributed by atoms with E-state index in [0.29, 0.717) is 0 Å². The van der Waals surface area contributed by atoms with E-state index < -0.39 is 0 Å². The third-order valence-corrected chi connectivity index (χ3v) is 5.12. The first kappa shape index (κ1) is 14.6. The summed E-state index contributed by atoms with van der Waals surface area (Å²) in [5, 5.41) is 12.1. The van der Waals surface area contributed by atoms with Gasteiger partial charge in [-0.1, -0.05) is 41.4 Å². The van der Waals surface area contributed by atoms with E-state index in [9.17, 15) is 5.21 Å². The highest BCUT2D eigenvalue weighted by Gasteiger charge is 2.32. The molecule has 0 radical (unpaired) electrons. The summed E-state index contributed by atoms with van der Waals surface area (Å²) in [6, 6.07) is 5.62. The van der Waals surface area contributed by atoms with Crippen LogP contribution < -0.4 is 4.73 Å². The molecule has 1 heterocycles. The van der Waals surface area contributed by atoms with Crippen molar-refractivity contribution in [1.82, 2.24) is 0 Å². The molecule has 0 saturated carbocycles. The summed E-state index contributed by atoms with van der Waals surface area (Å²) < 4.78 is 2.20. The second-order valence-corrected chi connectivity index (χ2v) is 7.47. The quantitative estimate of drug-likeness (QED) is 0.525. The van der Waals surface area contributed by atoms with Gasteiger partial charge in [-0.25, -0.2) is 0 Å². The van der Waals surface area contributed by atoms with Gasteiger partial charge >= 0.3 is 0 Å². The molecule has 2 aliphatic carbocycles. The molecule has 0 fully saturated rings. The zero-order valence-electron chi connectivity index (χ0n) is 12.5. The highest BCUT2D eigenvalue weighted by Crippen LogP contribution is 2.47. The zero-order valence-corrected chi connectivity index (χ0v) is 14.1. The van der Waals surface area contributed by atoms with Gasteiger partial charge in [-0.15, -0.1) is 0 Å². The number of hydrogen-bond acceptors (Lipinski definition) is 1. The molecule has 0 N–H and O–H groups in total. The number of nitrogens with zero attached hydrogens (tertiary/aromatic N) is 1. The highest BCUT2D eigenvalue weighted by molar-refractivity contribution is 9.11. The molecule has 3 heteroatoms. The van der Waals surface area contributed by atoms with Crippen LogP contribution in [0.4, 0.5) is 0 Å². The van der Waals surface area contributed by atoms with E-state index in [-0.39, 0.29) is 5.41 Å². The van der Waals surface area contributed by atoms with E-state index in [2.05, 4.69) is 41.9 Å². The lowest BCUT2D eigenvalue weighted by Gasteiger charge is -2.33. The topological polar surface area (TPSA) is 26.9 Å². The van der Waals surface area contributed by atoms with Crippen molar-refractivity contribution in [2.45, 2.75) is 39.5 Å². The Morgan fingerprint density at radius 1 is 1.24 bits per heavy atom. The summed E-state index contributed by atoms with van der Waals surface area (Å²) >= 11 is 3.67. The third kappa shape index (κ3) is 2.71. The maximum absolute atomic E-state index is 12.1. The normalized spacial score (nSPS) is 21.3. The first-order chi connectivity index (χ1) is 9.99. The van der Waals surface area contributed by atoms with E-state index in [1.165, 1.54) is 22.0 Å². The second-order valence-electron chi connectivity index (χ2n) is 6.45. The van der Waals surface area contributed by atoms with Gasteiger partial charge in [0.05, 0.1) is 5.57 Å². The number of halogens is 1. The monoisotopic (exact) mass is 345 g/mol. The minimum Gasteiger partial charge on any atom is -0.618 e. The van der Waals surface area contributed by atoms with Gasteiger partial charge < -0.3 is 5.21 Å². The van der Waals surface area contributed by atoms with Crippen LogP contribution in [0.5, 0.6) is 0 Å². The molecule has 0 saturated heterocycles. The van der Waals surface area contributed by atoms with Gasteiger partial charge in [-0.2, -0.15) is 4.73 Å². The van der Waals surface area contributed by atoms with Crippen molar-refractivity contribution >= 4 is 21.5 Å². The van der Waals surface area contributed by atoms with Gasteiger partial charge in [0, 0.05) is 12.1 Å². The molecule has 2 aliphatic rings. The van der Waals surface area contributed by atoms with E-state index in [4.69, 9.17) is 0 Å². The molecule has 0 aromatic carbocycles. The van der Waals surface area contributed by atoms with Crippen molar-refractivity contribution in [3.8, 4) is 0 Å². The predicted molar refractivity (Wildman–Crippen MR) is 89.7 cm³/mol. The highest BCUT2D eigenvalue weighted by atomic mass is 79.9. The van der Waals surface area contributed by atoms with Gasteiger partial charge in [0.15, 0.2) is 6.20 Å². The number of allylic oxidation sites excluding steroid dienone is 6. The lowest BCUT2D eigenvalue weighted by atomic mass is 9.71. The summed E-state index contributed by atoms with van der Waals surface area (Å²) in [4.78, 5) is 0. The Balaban J connectivity index is 2.18. The zero-order chi connectivity index (χ0) is 15.0. The van der Waals surface area contributed by atoms with Crippen molar-refractivity contribution in [3.05, 3.63) is 63.1 Å². The van der Waals surface area contributed by atoms with Crippen LogP contribution in [0.25, 0.3) is 5.57 Å². The summed E-state index contributed by atoms with van der Waals surface area (Å²) in [7, 11) is 0. The van der Waals surface area contributed by atoms with E-state index in [1.807, 2.05) is 12.1 Å². The van der Waals surface area contributed by atoms with E-state index >= 15 is 0 Å².